The summed E-state index contributed by atoms with van der Waals surface area (Å²) in [7, 11) is 0. The number of aromatic nitrogens is 3. The van der Waals surface area contributed by atoms with Crippen LogP contribution in [0, 0.1) is 20.8 Å². The van der Waals surface area contributed by atoms with E-state index in [4.69, 9.17) is 4.74 Å². The van der Waals surface area contributed by atoms with E-state index >= 15 is 0 Å². The van der Waals surface area contributed by atoms with Crippen molar-refractivity contribution >= 4 is 5.91 Å². The summed E-state index contributed by atoms with van der Waals surface area (Å²) in [4.78, 5) is 15.6. The van der Waals surface area contributed by atoms with Crippen molar-refractivity contribution in [3.05, 3.63) is 41.0 Å². The van der Waals surface area contributed by atoms with Crippen molar-refractivity contribution < 1.29 is 9.53 Å². The van der Waals surface area contributed by atoms with Gasteiger partial charge in [0.1, 0.15) is 17.9 Å². The lowest BCUT2D eigenvalue weighted by Crippen LogP contribution is -2.29. The zero-order valence-corrected chi connectivity index (χ0v) is 11.9. The molecule has 1 amide bonds. The van der Waals surface area contributed by atoms with Crippen LogP contribution in [0.3, 0.4) is 0 Å². The quantitative estimate of drug-likeness (QED) is 0.864. The molecule has 106 valence electrons. The lowest BCUT2D eigenvalue weighted by atomic mass is 10.1. The fourth-order valence-corrected chi connectivity index (χ4v) is 2.08. The molecule has 0 saturated heterocycles. The number of carbonyl (C=O) groups excluding carboxylic acids is 1. The van der Waals surface area contributed by atoms with Gasteiger partial charge in [-0.3, -0.25) is 9.89 Å². The number of benzene rings is 1. The second-order valence-electron chi connectivity index (χ2n) is 4.73. The van der Waals surface area contributed by atoms with E-state index in [-0.39, 0.29) is 12.5 Å². The molecular weight excluding hydrogens is 256 g/mol. The molecule has 0 aliphatic heterocycles. The first-order chi connectivity index (χ1) is 9.56. The summed E-state index contributed by atoms with van der Waals surface area (Å²) in [6, 6.07) is 4.07. The highest BCUT2D eigenvalue weighted by Crippen LogP contribution is 2.24. The number of H-pyrrole nitrogens is 1. The van der Waals surface area contributed by atoms with E-state index in [2.05, 4.69) is 20.5 Å². The first kappa shape index (κ1) is 14.0. The minimum atomic E-state index is -0.194. The van der Waals surface area contributed by atoms with E-state index < -0.39 is 0 Å². The SMILES string of the molecule is Cc1cc(C)c(OCC(=O)NCc2ncn[nH]2)c(C)c1. The van der Waals surface area contributed by atoms with Gasteiger partial charge in [0.15, 0.2) is 6.61 Å². The molecular formula is C14H18N4O2. The number of hydrogen-bond acceptors (Lipinski definition) is 4. The molecule has 0 fully saturated rings. The van der Waals surface area contributed by atoms with Crippen molar-refractivity contribution in [2.45, 2.75) is 27.3 Å². The van der Waals surface area contributed by atoms with Gasteiger partial charge in [-0.1, -0.05) is 17.7 Å². The number of aromatic amines is 1. The normalized spacial score (nSPS) is 10.3. The van der Waals surface area contributed by atoms with Crippen LogP contribution in [-0.2, 0) is 11.3 Å². The molecule has 0 aliphatic carbocycles. The molecule has 0 saturated carbocycles. The van der Waals surface area contributed by atoms with Crippen molar-refractivity contribution in [3.8, 4) is 5.75 Å². The van der Waals surface area contributed by atoms with Gasteiger partial charge in [-0.2, -0.15) is 5.10 Å². The highest BCUT2D eigenvalue weighted by atomic mass is 16.5. The monoisotopic (exact) mass is 274 g/mol. The summed E-state index contributed by atoms with van der Waals surface area (Å²) in [5.41, 5.74) is 3.25. The number of ether oxygens (including phenoxy) is 1. The molecule has 2 rings (SSSR count). The molecule has 0 aliphatic rings. The largest absolute Gasteiger partial charge is 0.483 e. The van der Waals surface area contributed by atoms with Gasteiger partial charge in [0.05, 0.1) is 6.54 Å². The molecule has 0 spiro atoms. The smallest absolute Gasteiger partial charge is 0.258 e. The maximum absolute atomic E-state index is 11.7. The third kappa shape index (κ3) is 3.57. The van der Waals surface area contributed by atoms with Crippen LogP contribution in [-0.4, -0.2) is 27.7 Å². The summed E-state index contributed by atoms with van der Waals surface area (Å²) < 4.78 is 5.60. The van der Waals surface area contributed by atoms with Crippen LogP contribution in [0.2, 0.25) is 0 Å². The molecule has 1 aromatic heterocycles. The lowest BCUT2D eigenvalue weighted by molar-refractivity contribution is -0.123. The Kier molecular flexibility index (Phi) is 4.34. The van der Waals surface area contributed by atoms with Crippen molar-refractivity contribution in [2.75, 3.05) is 6.61 Å². The molecule has 0 bridgehead atoms. The van der Waals surface area contributed by atoms with E-state index in [1.165, 1.54) is 11.9 Å². The Labute approximate surface area is 117 Å². The minimum absolute atomic E-state index is 0.0150. The standard InChI is InChI=1S/C14H18N4O2/c1-9-4-10(2)14(11(3)5-9)20-7-13(19)15-6-12-16-8-17-18-12/h4-5,8H,6-7H2,1-3H3,(H,15,19)(H,16,17,18). The minimum Gasteiger partial charge on any atom is -0.483 e. The van der Waals surface area contributed by atoms with Crippen LogP contribution in [0.25, 0.3) is 0 Å². The molecule has 2 N–H and O–H groups in total. The summed E-state index contributed by atoms with van der Waals surface area (Å²) in [6.45, 7) is 6.28. The van der Waals surface area contributed by atoms with E-state index in [9.17, 15) is 4.79 Å². The highest BCUT2D eigenvalue weighted by molar-refractivity contribution is 5.77. The van der Waals surface area contributed by atoms with Crippen molar-refractivity contribution in [3.63, 3.8) is 0 Å². The van der Waals surface area contributed by atoms with Gasteiger partial charge >= 0.3 is 0 Å². The van der Waals surface area contributed by atoms with Crippen molar-refractivity contribution in [1.29, 1.82) is 0 Å². The van der Waals surface area contributed by atoms with Crippen LogP contribution in [0.1, 0.15) is 22.5 Å². The zero-order valence-electron chi connectivity index (χ0n) is 11.9. The summed E-state index contributed by atoms with van der Waals surface area (Å²) in [5, 5.41) is 9.09. The topological polar surface area (TPSA) is 79.9 Å². The maximum atomic E-state index is 11.7. The highest BCUT2D eigenvalue weighted by Gasteiger charge is 2.08. The average Bonchev–Trinajstić information content (AvgIpc) is 2.88. The third-order valence-corrected chi connectivity index (χ3v) is 2.87. The molecule has 6 nitrogen and oxygen atoms in total. The molecule has 0 atom stereocenters. The number of rotatable bonds is 5. The molecule has 6 heteroatoms. The third-order valence-electron chi connectivity index (χ3n) is 2.87. The van der Waals surface area contributed by atoms with E-state index in [1.54, 1.807) is 0 Å². The second kappa shape index (κ2) is 6.18. The Balaban J connectivity index is 1.87. The first-order valence-electron chi connectivity index (χ1n) is 6.38. The van der Waals surface area contributed by atoms with Crippen LogP contribution in [0.15, 0.2) is 18.5 Å². The van der Waals surface area contributed by atoms with Crippen LogP contribution in [0.5, 0.6) is 5.75 Å². The molecule has 1 aromatic carbocycles. The molecule has 0 unspecified atom stereocenters. The van der Waals surface area contributed by atoms with Gasteiger partial charge < -0.3 is 10.1 Å². The van der Waals surface area contributed by atoms with Gasteiger partial charge in [-0.05, 0) is 31.9 Å². The number of nitrogens with one attached hydrogen (secondary N) is 2. The Bertz CT molecular complexity index is 570. The number of nitrogens with zero attached hydrogens (tertiary/aromatic N) is 2. The van der Waals surface area contributed by atoms with Crippen LogP contribution in [0.4, 0.5) is 0 Å². The fraction of sp³-hybridized carbons (Fsp3) is 0.357. The molecule has 1 heterocycles. The number of aryl methyl sites for hydroxylation is 3. The predicted octanol–water partition coefficient (Wildman–Crippen LogP) is 1.43. The summed E-state index contributed by atoms with van der Waals surface area (Å²) in [6.07, 6.45) is 1.40. The average molecular weight is 274 g/mol. The molecule has 0 radical (unpaired) electrons. The Morgan fingerprint density at radius 3 is 2.60 bits per heavy atom. The predicted molar refractivity (Wildman–Crippen MR) is 74.4 cm³/mol. The zero-order chi connectivity index (χ0) is 14.5. The van der Waals surface area contributed by atoms with E-state index in [0.29, 0.717) is 12.4 Å². The second-order valence-corrected chi connectivity index (χ2v) is 4.73. The lowest BCUT2D eigenvalue weighted by Gasteiger charge is -2.12. The number of carbonyl (C=O) groups is 1. The Hall–Kier alpha value is -2.37. The summed E-state index contributed by atoms with van der Waals surface area (Å²) in [5.74, 6) is 1.19. The molecule has 2 aromatic rings. The van der Waals surface area contributed by atoms with Gasteiger partial charge in [-0.15, -0.1) is 0 Å². The van der Waals surface area contributed by atoms with E-state index in [0.717, 1.165) is 16.9 Å². The first-order valence-corrected chi connectivity index (χ1v) is 6.38. The van der Waals surface area contributed by atoms with Crippen molar-refractivity contribution in [1.82, 2.24) is 20.5 Å². The Morgan fingerprint density at radius 1 is 1.30 bits per heavy atom. The van der Waals surface area contributed by atoms with Crippen LogP contribution >= 0.6 is 0 Å². The summed E-state index contributed by atoms with van der Waals surface area (Å²) >= 11 is 0. The molecule has 20 heavy (non-hydrogen) atoms. The Morgan fingerprint density at radius 2 is 2.00 bits per heavy atom. The maximum Gasteiger partial charge on any atom is 0.258 e. The van der Waals surface area contributed by atoms with E-state index in [1.807, 2.05) is 32.9 Å². The van der Waals surface area contributed by atoms with Crippen molar-refractivity contribution in [2.24, 2.45) is 0 Å². The van der Waals surface area contributed by atoms with Gasteiger partial charge in [0.25, 0.3) is 5.91 Å². The van der Waals surface area contributed by atoms with Gasteiger partial charge in [0, 0.05) is 0 Å². The van der Waals surface area contributed by atoms with Crippen LogP contribution < -0.4 is 10.1 Å². The number of amides is 1. The van der Waals surface area contributed by atoms with Gasteiger partial charge in [-0.25, -0.2) is 4.98 Å². The van der Waals surface area contributed by atoms with Gasteiger partial charge in [0.2, 0.25) is 0 Å². The number of hydrogen-bond donors (Lipinski definition) is 2. The fourth-order valence-electron chi connectivity index (χ4n) is 2.08.